The van der Waals surface area contributed by atoms with Gasteiger partial charge in [0, 0.05) is 0 Å². The molecular weight excluding hydrogens is 204 g/mol. The van der Waals surface area contributed by atoms with Gasteiger partial charge in [0.25, 0.3) is 0 Å². The third-order valence-corrected chi connectivity index (χ3v) is 2.84. The molecule has 94 valence electrons. The molecule has 2 atom stereocenters. The van der Waals surface area contributed by atoms with Gasteiger partial charge in [-0.05, 0) is 44.4 Å². The molecule has 1 aliphatic rings. The number of hydrogen-bond donors (Lipinski definition) is 0. The molecule has 1 saturated carbocycles. The van der Waals surface area contributed by atoms with Gasteiger partial charge in [0.1, 0.15) is 5.60 Å². The van der Waals surface area contributed by atoms with Crippen LogP contribution in [0.4, 0.5) is 4.79 Å². The zero-order valence-corrected chi connectivity index (χ0v) is 11.3. The van der Waals surface area contributed by atoms with Crippen LogP contribution in [0.5, 0.6) is 0 Å². The predicted octanol–water partition coefficient (Wildman–Crippen LogP) is 3.62. The van der Waals surface area contributed by atoms with Crippen LogP contribution in [-0.4, -0.2) is 18.4 Å². The maximum atomic E-state index is 11.3. The standard InChI is InChI=1S/C13H24O3/c1-12(2,3)10-7-9(10)8-15-11(14)16-13(4,5)6/h9-10H,7-8H2,1-6H3. The second kappa shape index (κ2) is 4.27. The van der Waals surface area contributed by atoms with Crippen molar-refractivity contribution in [3.8, 4) is 0 Å². The number of rotatable bonds is 2. The minimum absolute atomic E-state index is 0.321. The SMILES string of the molecule is CC(C)(C)OC(=O)OCC1CC1C(C)(C)C. The second-order valence-corrected chi connectivity index (χ2v) is 6.74. The summed E-state index contributed by atoms with van der Waals surface area (Å²) in [5.41, 5.74) is -0.147. The molecule has 2 unspecified atom stereocenters. The molecule has 0 radical (unpaired) electrons. The summed E-state index contributed by atoms with van der Waals surface area (Å²) in [6.07, 6.45) is 0.610. The van der Waals surface area contributed by atoms with E-state index in [0.717, 1.165) is 6.42 Å². The van der Waals surface area contributed by atoms with Crippen molar-refractivity contribution < 1.29 is 14.3 Å². The molecule has 3 nitrogen and oxygen atoms in total. The summed E-state index contributed by atoms with van der Waals surface area (Å²) >= 11 is 0. The Kier molecular flexibility index (Phi) is 3.56. The first-order chi connectivity index (χ1) is 7.09. The monoisotopic (exact) mass is 228 g/mol. The summed E-state index contributed by atoms with van der Waals surface area (Å²) in [5, 5.41) is 0. The van der Waals surface area contributed by atoms with E-state index < -0.39 is 11.8 Å². The van der Waals surface area contributed by atoms with E-state index in [-0.39, 0.29) is 0 Å². The quantitative estimate of drug-likeness (QED) is 0.677. The van der Waals surface area contributed by atoms with Gasteiger partial charge in [-0.3, -0.25) is 0 Å². The van der Waals surface area contributed by atoms with Gasteiger partial charge < -0.3 is 9.47 Å². The maximum Gasteiger partial charge on any atom is 0.508 e. The van der Waals surface area contributed by atoms with Crippen molar-refractivity contribution in [3.05, 3.63) is 0 Å². The first-order valence-electron chi connectivity index (χ1n) is 5.95. The summed E-state index contributed by atoms with van der Waals surface area (Å²) in [6, 6.07) is 0. The molecule has 1 rings (SSSR count). The Morgan fingerprint density at radius 2 is 1.75 bits per heavy atom. The predicted molar refractivity (Wildman–Crippen MR) is 63.2 cm³/mol. The average Bonchev–Trinajstić information content (AvgIpc) is 2.74. The molecule has 0 spiro atoms. The van der Waals surface area contributed by atoms with Gasteiger partial charge in [-0.2, -0.15) is 0 Å². The van der Waals surface area contributed by atoms with Crippen LogP contribution in [0.3, 0.4) is 0 Å². The van der Waals surface area contributed by atoms with E-state index in [0.29, 0.717) is 23.9 Å². The Hall–Kier alpha value is -0.730. The van der Waals surface area contributed by atoms with Crippen LogP contribution in [0.2, 0.25) is 0 Å². The minimum atomic E-state index is -0.549. The Bertz CT molecular complexity index is 257. The zero-order chi connectivity index (χ0) is 12.6. The highest BCUT2D eigenvalue weighted by atomic mass is 16.7. The van der Waals surface area contributed by atoms with Crippen molar-refractivity contribution in [3.63, 3.8) is 0 Å². The van der Waals surface area contributed by atoms with Gasteiger partial charge in [-0.1, -0.05) is 20.8 Å². The summed E-state index contributed by atoms with van der Waals surface area (Å²) < 4.78 is 10.2. The fraction of sp³-hybridized carbons (Fsp3) is 0.923. The van der Waals surface area contributed by atoms with Gasteiger partial charge >= 0.3 is 6.16 Å². The van der Waals surface area contributed by atoms with Crippen LogP contribution < -0.4 is 0 Å². The fourth-order valence-corrected chi connectivity index (χ4v) is 1.95. The number of carbonyl (C=O) groups is 1. The van der Waals surface area contributed by atoms with E-state index in [1.807, 2.05) is 20.8 Å². The van der Waals surface area contributed by atoms with Crippen LogP contribution >= 0.6 is 0 Å². The van der Waals surface area contributed by atoms with Crippen LogP contribution in [0.15, 0.2) is 0 Å². The molecule has 16 heavy (non-hydrogen) atoms. The number of ether oxygens (including phenoxy) is 2. The smallest absolute Gasteiger partial charge is 0.434 e. The summed E-state index contributed by atoms with van der Waals surface area (Å²) in [5.74, 6) is 1.20. The zero-order valence-electron chi connectivity index (χ0n) is 11.3. The molecule has 0 heterocycles. The Morgan fingerprint density at radius 1 is 1.19 bits per heavy atom. The van der Waals surface area contributed by atoms with E-state index in [1.165, 1.54) is 0 Å². The Morgan fingerprint density at radius 3 is 2.12 bits per heavy atom. The van der Waals surface area contributed by atoms with Crippen molar-refractivity contribution in [2.24, 2.45) is 17.3 Å². The molecule has 1 aliphatic carbocycles. The second-order valence-electron chi connectivity index (χ2n) is 6.74. The lowest BCUT2D eigenvalue weighted by Gasteiger charge is -2.20. The highest BCUT2D eigenvalue weighted by Gasteiger charge is 2.45. The lowest BCUT2D eigenvalue weighted by Crippen LogP contribution is -2.25. The molecule has 0 saturated heterocycles. The van der Waals surface area contributed by atoms with E-state index in [2.05, 4.69) is 20.8 Å². The molecular formula is C13H24O3. The summed E-state index contributed by atoms with van der Waals surface area (Å²) in [6.45, 7) is 12.7. The van der Waals surface area contributed by atoms with Crippen LogP contribution in [-0.2, 0) is 9.47 Å². The lowest BCUT2D eigenvalue weighted by molar-refractivity contribution is -0.0101. The number of hydrogen-bond acceptors (Lipinski definition) is 3. The van der Waals surface area contributed by atoms with Gasteiger partial charge in [-0.25, -0.2) is 4.79 Å². The Labute approximate surface area is 98.5 Å². The van der Waals surface area contributed by atoms with Crippen LogP contribution in [0, 0.1) is 17.3 Å². The van der Waals surface area contributed by atoms with E-state index in [4.69, 9.17) is 9.47 Å². The van der Waals surface area contributed by atoms with Crippen LogP contribution in [0.1, 0.15) is 48.0 Å². The van der Waals surface area contributed by atoms with Gasteiger partial charge in [-0.15, -0.1) is 0 Å². The fourth-order valence-electron chi connectivity index (χ4n) is 1.95. The normalized spacial score (nSPS) is 25.1. The highest BCUT2D eigenvalue weighted by Crippen LogP contribution is 2.50. The first-order valence-corrected chi connectivity index (χ1v) is 5.95. The molecule has 0 bridgehead atoms. The van der Waals surface area contributed by atoms with Gasteiger partial charge in [0.15, 0.2) is 0 Å². The molecule has 1 fully saturated rings. The maximum absolute atomic E-state index is 11.3. The third kappa shape index (κ3) is 4.42. The molecule has 0 aromatic carbocycles. The van der Waals surface area contributed by atoms with Gasteiger partial charge in [0.2, 0.25) is 0 Å². The minimum Gasteiger partial charge on any atom is -0.434 e. The molecule has 0 aromatic heterocycles. The molecule has 0 aliphatic heterocycles. The largest absolute Gasteiger partial charge is 0.508 e. The molecule has 0 amide bonds. The number of carbonyl (C=O) groups excluding carboxylic acids is 1. The molecule has 0 aromatic rings. The average molecular weight is 228 g/mol. The lowest BCUT2D eigenvalue weighted by atomic mass is 9.89. The van der Waals surface area contributed by atoms with Gasteiger partial charge in [0.05, 0.1) is 6.61 Å². The van der Waals surface area contributed by atoms with E-state index in [1.54, 1.807) is 0 Å². The van der Waals surface area contributed by atoms with Crippen molar-refractivity contribution in [2.45, 2.75) is 53.6 Å². The van der Waals surface area contributed by atoms with E-state index >= 15 is 0 Å². The van der Waals surface area contributed by atoms with Crippen molar-refractivity contribution >= 4 is 6.16 Å². The van der Waals surface area contributed by atoms with E-state index in [9.17, 15) is 4.79 Å². The summed E-state index contributed by atoms with van der Waals surface area (Å²) in [7, 11) is 0. The van der Waals surface area contributed by atoms with Crippen molar-refractivity contribution in [1.29, 1.82) is 0 Å². The summed E-state index contributed by atoms with van der Waals surface area (Å²) in [4.78, 5) is 11.3. The van der Waals surface area contributed by atoms with Crippen LogP contribution in [0.25, 0.3) is 0 Å². The Balaban J connectivity index is 2.21. The van der Waals surface area contributed by atoms with Crippen molar-refractivity contribution in [1.82, 2.24) is 0 Å². The topological polar surface area (TPSA) is 35.5 Å². The highest BCUT2D eigenvalue weighted by molar-refractivity contribution is 5.60. The molecule has 3 heteroatoms. The van der Waals surface area contributed by atoms with Crippen molar-refractivity contribution in [2.75, 3.05) is 6.61 Å². The third-order valence-electron chi connectivity index (χ3n) is 2.84. The molecule has 0 N–H and O–H groups in total. The first kappa shape index (κ1) is 13.3.